The highest BCUT2D eigenvalue weighted by Crippen LogP contribution is 2.56. The Balaban J connectivity index is 1.22. The third-order valence-corrected chi connectivity index (χ3v) is 12.5. The second kappa shape index (κ2) is 12.4. The Morgan fingerprint density at radius 2 is 2.10 bits per heavy atom. The van der Waals surface area contributed by atoms with Crippen molar-refractivity contribution in [1.82, 2.24) is 25.3 Å². The van der Waals surface area contributed by atoms with Crippen LogP contribution in [0.4, 0.5) is 0 Å². The number of ether oxygens (including phenoxy) is 1. The molecule has 0 aromatic heterocycles. The number of likely N-dealkylation sites (tertiary alicyclic amines) is 1. The maximum atomic E-state index is 12.6. The van der Waals surface area contributed by atoms with E-state index in [0.29, 0.717) is 50.0 Å². The fraction of sp³-hybridized carbons (Fsp3) is 0.688. The Morgan fingerprint density at radius 1 is 1.24 bits per heavy atom. The first-order chi connectivity index (χ1) is 19.9. The molecule has 1 aromatic rings. The maximum absolute atomic E-state index is 12.6. The molecule has 222 valence electrons. The second-order valence-electron chi connectivity index (χ2n) is 12.8. The van der Waals surface area contributed by atoms with Crippen LogP contribution in [0.1, 0.15) is 62.5 Å². The molecule has 1 saturated carbocycles. The fourth-order valence-electron chi connectivity index (χ4n) is 8.25. The number of likely N-dealkylation sites (N-methyl/N-ethyl adjacent to an activating group) is 1. The molecule has 8 nitrogen and oxygen atoms in total. The Bertz CT molecular complexity index is 1160. The van der Waals surface area contributed by atoms with Gasteiger partial charge in [-0.2, -0.15) is 5.26 Å². The lowest BCUT2D eigenvalue weighted by Crippen LogP contribution is -2.73. The topological polar surface area (TPSA) is 83.9 Å². The lowest BCUT2D eigenvalue weighted by atomic mass is 9.68. The van der Waals surface area contributed by atoms with Crippen LogP contribution in [-0.4, -0.2) is 95.8 Å². The highest BCUT2D eigenvalue weighted by molar-refractivity contribution is 8.00. The minimum absolute atomic E-state index is 0.0776. The molecule has 6 rings (SSSR count). The number of carbonyl (C=O) groups is 1. The number of piperazine rings is 1. The zero-order valence-corrected chi connectivity index (χ0v) is 25.5. The Kier molecular flexibility index (Phi) is 8.79. The summed E-state index contributed by atoms with van der Waals surface area (Å²) in [4.78, 5) is 19.3. The zero-order valence-electron chi connectivity index (χ0n) is 24.6. The average molecular weight is 579 g/mol. The van der Waals surface area contributed by atoms with Crippen LogP contribution < -0.4 is 10.6 Å². The summed E-state index contributed by atoms with van der Waals surface area (Å²) in [5.41, 5.74) is 3.01. The van der Waals surface area contributed by atoms with Crippen molar-refractivity contribution in [3.8, 4) is 6.07 Å². The van der Waals surface area contributed by atoms with Crippen LogP contribution in [0, 0.1) is 17.2 Å². The smallest absolute Gasteiger partial charge is 0.246 e. The molecule has 1 amide bonds. The standard InChI is InChI=1S/C32H46N6O2S/c1-4-29(39)38-17-16-37(19-24(38)12-14-33)30-27-11-13-32(22(2)26-10-6-5-8-23(26)21-41-32)18-28(27)34-31(35-30)40-20-25-9-7-15-36(25)3/h4-6,8,10,22,24-25,27-28,30-31,34-35H,1,7,9,11-13,15-21H2,2-3H3/t22?,24?,25?,27?,28?,30?,31?,32-/m1/s1. The molecule has 5 aliphatic rings. The van der Waals surface area contributed by atoms with Crippen molar-refractivity contribution in [2.75, 3.05) is 39.8 Å². The predicted molar refractivity (Wildman–Crippen MR) is 163 cm³/mol. The van der Waals surface area contributed by atoms with Gasteiger partial charge >= 0.3 is 0 Å². The number of nitrogens with zero attached hydrogens (tertiary/aromatic N) is 4. The van der Waals surface area contributed by atoms with Crippen LogP contribution >= 0.6 is 11.8 Å². The number of hydrogen-bond acceptors (Lipinski definition) is 8. The highest BCUT2D eigenvalue weighted by atomic mass is 32.2. The van der Waals surface area contributed by atoms with Gasteiger partial charge in [-0.05, 0) is 68.8 Å². The van der Waals surface area contributed by atoms with E-state index in [-0.39, 0.29) is 29.2 Å². The highest BCUT2D eigenvalue weighted by Gasteiger charge is 2.52. The van der Waals surface area contributed by atoms with E-state index < -0.39 is 0 Å². The molecular weight excluding hydrogens is 532 g/mol. The van der Waals surface area contributed by atoms with Gasteiger partial charge in [0.25, 0.3) is 0 Å². The number of hydrogen-bond donors (Lipinski definition) is 2. The van der Waals surface area contributed by atoms with Crippen LogP contribution in [0.2, 0.25) is 0 Å². The van der Waals surface area contributed by atoms with Crippen molar-refractivity contribution < 1.29 is 9.53 Å². The quantitative estimate of drug-likeness (QED) is 0.497. The van der Waals surface area contributed by atoms with E-state index in [9.17, 15) is 10.1 Å². The van der Waals surface area contributed by atoms with Crippen LogP contribution in [0.15, 0.2) is 36.9 Å². The number of nitrogens with one attached hydrogen (secondary N) is 2. The number of thioether (sulfide) groups is 1. The van der Waals surface area contributed by atoms with Gasteiger partial charge in [0.1, 0.15) is 0 Å². The first kappa shape index (κ1) is 29.2. The summed E-state index contributed by atoms with van der Waals surface area (Å²) < 4.78 is 6.81. The van der Waals surface area contributed by atoms with E-state index in [1.807, 2.05) is 4.90 Å². The molecule has 4 aliphatic heterocycles. The Labute approximate surface area is 249 Å². The number of benzene rings is 1. The predicted octanol–water partition coefficient (Wildman–Crippen LogP) is 3.47. The van der Waals surface area contributed by atoms with Crippen molar-refractivity contribution in [1.29, 1.82) is 5.26 Å². The van der Waals surface area contributed by atoms with Gasteiger partial charge in [0.15, 0.2) is 6.35 Å². The van der Waals surface area contributed by atoms with E-state index in [1.165, 1.54) is 36.5 Å². The van der Waals surface area contributed by atoms with Crippen LogP contribution in [0.25, 0.3) is 0 Å². The van der Waals surface area contributed by atoms with Gasteiger partial charge in [-0.25, -0.2) is 0 Å². The lowest BCUT2D eigenvalue weighted by Gasteiger charge is -2.57. The maximum Gasteiger partial charge on any atom is 0.246 e. The van der Waals surface area contributed by atoms with Gasteiger partial charge in [0.05, 0.1) is 31.3 Å². The van der Waals surface area contributed by atoms with Gasteiger partial charge in [-0.1, -0.05) is 37.8 Å². The third-order valence-electron chi connectivity index (χ3n) is 10.7. The summed E-state index contributed by atoms with van der Waals surface area (Å²) in [5, 5.41) is 17.4. The molecule has 4 heterocycles. The summed E-state index contributed by atoms with van der Waals surface area (Å²) >= 11 is 2.17. The molecular formula is C32H46N6O2S. The molecule has 1 aromatic carbocycles. The van der Waals surface area contributed by atoms with E-state index in [1.54, 1.807) is 0 Å². The average Bonchev–Trinajstić information content (AvgIpc) is 3.41. The minimum atomic E-state index is -0.219. The van der Waals surface area contributed by atoms with Gasteiger partial charge in [-0.15, -0.1) is 11.8 Å². The largest absolute Gasteiger partial charge is 0.348 e. The Morgan fingerprint density at radius 3 is 2.88 bits per heavy atom. The molecule has 1 aliphatic carbocycles. The van der Waals surface area contributed by atoms with Crippen molar-refractivity contribution in [3.63, 3.8) is 0 Å². The van der Waals surface area contributed by atoms with Crippen molar-refractivity contribution in [2.45, 2.75) is 92.5 Å². The van der Waals surface area contributed by atoms with E-state index in [4.69, 9.17) is 4.74 Å². The fourth-order valence-corrected chi connectivity index (χ4v) is 9.89. The summed E-state index contributed by atoms with van der Waals surface area (Å²) in [6, 6.07) is 12.0. The summed E-state index contributed by atoms with van der Waals surface area (Å²) in [5.74, 6) is 1.95. The van der Waals surface area contributed by atoms with Crippen molar-refractivity contribution in [2.24, 2.45) is 5.92 Å². The van der Waals surface area contributed by atoms with Gasteiger partial charge < -0.3 is 14.5 Å². The van der Waals surface area contributed by atoms with E-state index in [0.717, 1.165) is 31.7 Å². The molecule has 2 N–H and O–H groups in total. The van der Waals surface area contributed by atoms with Gasteiger partial charge in [0.2, 0.25) is 5.91 Å². The number of fused-ring (bicyclic) bond motifs is 2. The SMILES string of the molecule is C=CC(=O)N1CCN(C2NC(OCC3CCCN3C)NC3C[C@@]4(CCC32)SCc2ccccc2C4C)CC1CC#N. The molecule has 4 fully saturated rings. The molecule has 3 saturated heterocycles. The molecule has 8 atom stereocenters. The first-order valence-electron chi connectivity index (χ1n) is 15.5. The van der Waals surface area contributed by atoms with E-state index in [2.05, 4.69) is 83.1 Å². The normalized spacial score (nSPS) is 37.8. The molecule has 41 heavy (non-hydrogen) atoms. The summed E-state index contributed by atoms with van der Waals surface area (Å²) in [6.07, 6.45) is 7.51. The lowest BCUT2D eigenvalue weighted by molar-refractivity contribution is -0.135. The molecule has 1 spiro atoms. The van der Waals surface area contributed by atoms with Crippen LogP contribution in [0.3, 0.4) is 0 Å². The number of amides is 1. The zero-order chi connectivity index (χ0) is 28.6. The molecule has 9 heteroatoms. The molecule has 0 bridgehead atoms. The summed E-state index contributed by atoms with van der Waals surface area (Å²) in [6.45, 7) is 10.1. The van der Waals surface area contributed by atoms with Crippen LogP contribution in [-0.2, 0) is 15.3 Å². The second-order valence-corrected chi connectivity index (χ2v) is 14.2. The molecule has 0 radical (unpaired) electrons. The van der Waals surface area contributed by atoms with Gasteiger partial charge in [0, 0.05) is 48.1 Å². The Hall–Kier alpha value is -1.93. The number of nitriles is 1. The monoisotopic (exact) mass is 578 g/mol. The minimum Gasteiger partial charge on any atom is -0.348 e. The number of carbonyl (C=O) groups excluding carboxylic acids is 1. The van der Waals surface area contributed by atoms with Crippen molar-refractivity contribution >= 4 is 17.7 Å². The summed E-state index contributed by atoms with van der Waals surface area (Å²) in [7, 11) is 2.20. The number of rotatable bonds is 6. The van der Waals surface area contributed by atoms with Crippen LogP contribution in [0.5, 0.6) is 0 Å². The van der Waals surface area contributed by atoms with Crippen molar-refractivity contribution in [3.05, 3.63) is 48.0 Å². The third kappa shape index (κ3) is 5.72. The van der Waals surface area contributed by atoms with Gasteiger partial charge in [-0.3, -0.25) is 20.3 Å². The first-order valence-corrected chi connectivity index (χ1v) is 16.5. The van der Waals surface area contributed by atoms with E-state index >= 15 is 0 Å². The molecule has 7 unspecified atom stereocenters.